The third-order valence-corrected chi connectivity index (χ3v) is 2.65. The van der Waals surface area contributed by atoms with Crippen LogP contribution < -0.4 is 16.2 Å². The molecular weight excluding hydrogens is 190 g/mol. The van der Waals surface area contributed by atoms with Crippen molar-refractivity contribution in [1.29, 1.82) is 0 Å². The summed E-state index contributed by atoms with van der Waals surface area (Å²) in [6, 6.07) is 1.90. The maximum absolute atomic E-state index is 5.36. The van der Waals surface area contributed by atoms with Crippen LogP contribution in [0, 0.1) is 6.92 Å². The van der Waals surface area contributed by atoms with Gasteiger partial charge < -0.3 is 10.3 Å². The van der Waals surface area contributed by atoms with Crippen molar-refractivity contribution in [2.75, 3.05) is 23.4 Å². The number of nitrogens with two attached hydrogens (primary N) is 1. The number of nitrogen functional groups attached to an aromatic ring is 1. The Bertz CT molecular complexity index is 333. The van der Waals surface area contributed by atoms with Gasteiger partial charge in [-0.3, -0.25) is 0 Å². The Balaban J connectivity index is 2.22. The number of nitrogens with one attached hydrogen (secondary N) is 1. The molecular formula is C10H17N5. The molecule has 0 amide bonds. The van der Waals surface area contributed by atoms with Crippen LogP contribution in [0.3, 0.4) is 0 Å². The highest BCUT2D eigenvalue weighted by molar-refractivity contribution is 5.48. The highest BCUT2D eigenvalue weighted by atomic mass is 15.3. The Labute approximate surface area is 89.7 Å². The van der Waals surface area contributed by atoms with Gasteiger partial charge in [-0.05, 0) is 26.2 Å². The first-order valence-corrected chi connectivity index (χ1v) is 5.37. The molecule has 0 aliphatic carbocycles. The molecule has 0 spiro atoms. The van der Waals surface area contributed by atoms with Crippen LogP contribution in [0.1, 0.15) is 25.1 Å². The van der Waals surface area contributed by atoms with Crippen molar-refractivity contribution < 1.29 is 0 Å². The summed E-state index contributed by atoms with van der Waals surface area (Å²) in [7, 11) is 0. The Morgan fingerprint density at radius 2 is 2.00 bits per heavy atom. The van der Waals surface area contributed by atoms with Gasteiger partial charge in [0.2, 0.25) is 0 Å². The fourth-order valence-electron chi connectivity index (χ4n) is 1.91. The van der Waals surface area contributed by atoms with Gasteiger partial charge >= 0.3 is 0 Å². The van der Waals surface area contributed by atoms with E-state index in [2.05, 4.69) is 20.3 Å². The van der Waals surface area contributed by atoms with E-state index in [9.17, 15) is 0 Å². The number of aryl methyl sites for hydroxylation is 1. The van der Waals surface area contributed by atoms with Gasteiger partial charge in [0.15, 0.2) is 0 Å². The molecule has 1 aliphatic rings. The van der Waals surface area contributed by atoms with Crippen LogP contribution in [0.25, 0.3) is 0 Å². The lowest BCUT2D eigenvalue weighted by atomic mass is 10.1. The molecule has 3 N–H and O–H groups in total. The zero-order valence-electron chi connectivity index (χ0n) is 9.03. The molecule has 2 heterocycles. The number of hydrogen-bond donors (Lipinski definition) is 2. The number of anilines is 2. The lowest BCUT2D eigenvalue weighted by Crippen LogP contribution is -2.30. The SMILES string of the molecule is Cc1nc(NN)cc(N2CCCCC2)n1. The Morgan fingerprint density at radius 1 is 1.27 bits per heavy atom. The zero-order valence-corrected chi connectivity index (χ0v) is 9.03. The van der Waals surface area contributed by atoms with Crippen LogP contribution in [0.15, 0.2) is 6.07 Å². The second-order valence-corrected chi connectivity index (χ2v) is 3.85. The summed E-state index contributed by atoms with van der Waals surface area (Å²) < 4.78 is 0. The summed E-state index contributed by atoms with van der Waals surface area (Å²) in [4.78, 5) is 10.9. The quantitative estimate of drug-likeness (QED) is 0.560. The maximum Gasteiger partial charge on any atom is 0.145 e. The summed E-state index contributed by atoms with van der Waals surface area (Å²) in [5, 5.41) is 0. The minimum atomic E-state index is 0.683. The Hall–Kier alpha value is -1.36. The molecule has 82 valence electrons. The van der Waals surface area contributed by atoms with Crippen LogP contribution in [-0.2, 0) is 0 Å². The monoisotopic (exact) mass is 207 g/mol. The number of aromatic nitrogens is 2. The number of rotatable bonds is 2. The molecule has 0 atom stereocenters. The van der Waals surface area contributed by atoms with Crippen molar-refractivity contribution in [3.8, 4) is 0 Å². The van der Waals surface area contributed by atoms with E-state index in [0.717, 1.165) is 24.7 Å². The van der Waals surface area contributed by atoms with Gasteiger partial charge in [0.1, 0.15) is 17.5 Å². The van der Waals surface area contributed by atoms with E-state index in [-0.39, 0.29) is 0 Å². The van der Waals surface area contributed by atoms with E-state index in [1.54, 1.807) is 0 Å². The van der Waals surface area contributed by atoms with Gasteiger partial charge in [-0.2, -0.15) is 0 Å². The fraction of sp³-hybridized carbons (Fsp3) is 0.600. The average molecular weight is 207 g/mol. The first kappa shape index (κ1) is 10.2. The van der Waals surface area contributed by atoms with Crippen LogP contribution in [0.5, 0.6) is 0 Å². The fourth-order valence-corrected chi connectivity index (χ4v) is 1.91. The van der Waals surface area contributed by atoms with E-state index < -0.39 is 0 Å². The largest absolute Gasteiger partial charge is 0.356 e. The predicted molar refractivity (Wildman–Crippen MR) is 60.6 cm³/mol. The smallest absolute Gasteiger partial charge is 0.145 e. The molecule has 0 saturated carbocycles. The average Bonchev–Trinajstić information content (AvgIpc) is 2.29. The topological polar surface area (TPSA) is 67.1 Å². The van der Waals surface area contributed by atoms with Crippen molar-refractivity contribution >= 4 is 11.6 Å². The molecule has 1 saturated heterocycles. The number of hydrogen-bond acceptors (Lipinski definition) is 5. The Morgan fingerprint density at radius 3 is 2.67 bits per heavy atom. The molecule has 0 aromatic carbocycles. The zero-order chi connectivity index (χ0) is 10.7. The van der Waals surface area contributed by atoms with Gasteiger partial charge in [-0.15, -0.1) is 0 Å². The summed E-state index contributed by atoms with van der Waals surface area (Å²) in [6.45, 7) is 4.05. The highest BCUT2D eigenvalue weighted by Gasteiger charge is 2.13. The first-order chi connectivity index (χ1) is 7.29. The van der Waals surface area contributed by atoms with Gasteiger partial charge in [0.05, 0.1) is 0 Å². The summed E-state index contributed by atoms with van der Waals surface area (Å²) in [5.74, 6) is 7.78. The van der Waals surface area contributed by atoms with Crippen molar-refractivity contribution in [3.63, 3.8) is 0 Å². The van der Waals surface area contributed by atoms with Gasteiger partial charge in [0, 0.05) is 19.2 Å². The summed E-state index contributed by atoms with van der Waals surface area (Å²) in [5.41, 5.74) is 2.57. The lowest BCUT2D eigenvalue weighted by Gasteiger charge is -2.27. The molecule has 2 rings (SSSR count). The number of nitrogens with zero attached hydrogens (tertiary/aromatic N) is 3. The predicted octanol–water partition coefficient (Wildman–Crippen LogP) is 1.06. The van der Waals surface area contributed by atoms with Crippen molar-refractivity contribution in [2.24, 2.45) is 5.84 Å². The van der Waals surface area contributed by atoms with E-state index in [0.29, 0.717) is 5.82 Å². The van der Waals surface area contributed by atoms with E-state index >= 15 is 0 Å². The lowest BCUT2D eigenvalue weighted by molar-refractivity contribution is 0.572. The van der Waals surface area contributed by atoms with E-state index in [1.165, 1.54) is 19.3 Å². The standard InChI is InChI=1S/C10H17N5/c1-8-12-9(14-11)7-10(13-8)15-5-3-2-4-6-15/h7H,2-6,11H2,1H3,(H,12,13,14). The molecule has 0 bridgehead atoms. The second-order valence-electron chi connectivity index (χ2n) is 3.85. The Kier molecular flexibility index (Phi) is 3.01. The van der Waals surface area contributed by atoms with Crippen molar-refractivity contribution in [2.45, 2.75) is 26.2 Å². The molecule has 1 aromatic heterocycles. The van der Waals surface area contributed by atoms with Crippen molar-refractivity contribution in [1.82, 2.24) is 9.97 Å². The minimum absolute atomic E-state index is 0.683. The molecule has 1 fully saturated rings. The van der Waals surface area contributed by atoms with Crippen LogP contribution in [0.2, 0.25) is 0 Å². The molecule has 1 aliphatic heterocycles. The third-order valence-electron chi connectivity index (χ3n) is 2.65. The highest BCUT2D eigenvalue weighted by Crippen LogP contribution is 2.19. The first-order valence-electron chi connectivity index (χ1n) is 5.37. The maximum atomic E-state index is 5.36. The molecule has 5 heteroatoms. The molecule has 0 unspecified atom stereocenters. The van der Waals surface area contributed by atoms with E-state index in [1.807, 2.05) is 13.0 Å². The minimum Gasteiger partial charge on any atom is -0.356 e. The second kappa shape index (κ2) is 4.44. The van der Waals surface area contributed by atoms with Crippen LogP contribution in [0.4, 0.5) is 11.6 Å². The van der Waals surface area contributed by atoms with Crippen LogP contribution in [-0.4, -0.2) is 23.1 Å². The molecule has 15 heavy (non-hydrogen) atoms. The normalized spacial score (nSPS) is 16.5. The molecule has 5 nitrogen and oxygen atoms in total. The number of piperidine rings is 1. The summed E-state index contributed by atoms with van der Waals surface area (Å²) >= 11 is 0. The van der Waals surface area contributed by atoms with E-state index in [4.69, 9.17) is 5.84 Å². The molecule has 1 aromatic rings. The van der Waals surface area contributed by atoms with Gasteiger partial charge in [-0.1, -0.05) is 0 Å². The third kappa shape index (κ3) is 2.36. The van der Waals surface area contributed by atoms with Gasteiger partial charge in [-0.25, -0.2) is 15.8 Å². The van der Waals surface area contributed by atoms with Crippen molar-refractivity contribution in [3.05, 3.63) is 11.9 Å². The van der Waals surface area contributed by atoms with Gasteiger partial charge in [0.25, 0.3) is 0 Å². The summed E-state index contributed by atoms with van der Waals surface area (Å²) in [6.07, 6.45) is 3.81. The van der Waals surface area contributed by atoms with Crippen LogP contribution >= 0.6 is 0 Å². The number of hydrazine groups is 1. The molecule has 0 radical (unpaired) electrons.